The number of aromatic nitrogens is 1. The number of piperidine rings is 1. The number of oxazole rings is 1. The molecule has 0 saturated carbocycles. The fraction of sp³-hybridized carbons (Fsp3) is 0.529. The quantitative estimate of drug-likeness (QED) is 0.875. The Hall–Kier alpha value is -2.04. The molecule has 1 aromatic heterocycles. The summed E-state index contributed by atoms with van der Waals surface area (Å²) in [6.07, 6.45) is 1.51. The molecule has 1 saturated heterocycles. The van der Waals surface area contributed by atoms with Gasteiger partial charge in [0.1, 0.15) is 0 Å². The smallest absolute Gasteiger partial charge is 0.408 e. The molecule has 2 atom stereocenters. The Kier molecular flexibility index (Phi) is 4.05. The van der Waals surface area contributed by atoms with E-state index in [4.69, 9.17) is 4.42 Å². The number of fused-ring (bicyclic) bond motifs is 1. The van der Waals surface area contributed by atoms with Crippen molar-refractivity contribution in [2.75, 3.05) is 13.1 Å². The van der Waals surface area contributed by atoms with Crippen molar-refractivity contribution in [3.05, 3.63) is 34.8 Å². The first-order valence-electron chi connectivity index (χ1n) is 7.90. The maximum atomic E-state index is 12.4. The molecule has 1 fully saturated rings. The number of hydrogen-bond donors (Lipinski definition) is 0. The van der Waals surface area contributed by atoms with E-state index >= 15 is 0 Å². The van der Waals surface area contributed by atoms with E-state index in [0.29, 0.717) is 30.4 Å². The van der Waals surface area contributed by atoms with Gasteiger partial charge in [-0.2, -0.15) is 0 Å². The molecule has 1 aliphatic rings. The number of carbonyl (C=O) groups is 1. The van der Waals surface area contributed by atoms with Crippen LogP contribution in [0.4, 0.5) is 0 Å². The third-order valence-electron chi connectivity index (χ3n) is 4.34. The molecule has 0 aliphatic carbocycles. The number of likely N-dealkylation sites (tertiary alicyclic amines) is 1. The second kappa shape index (κ2) is 5.99. The summed E-state index contributed by atoms with van der Waals surface area (Å²) in [5.41, 5.74) is 1.32. The van der Waals surface area contributed by atoms with Gasteiger partial charge in [-0.15, -0.1) is 0 Å². The number of nitrogens with zero attached hydrogens (tertiary/aromatic N) is 2. The highest BCUT2D eigenvalue weighted by Crippen LogP contribution is 2.21. The van der Waals surface area contributed by atoms with Gasteiger partial charge in [-0.25, -0.2) is 4.79 Å². The van der Waals surface area contributed by atoms with E-state index in [1.165, 1.54) is 6.42 Å². The summed E-state index contributed by atoms with van der Waals surface area (Å²) in [6.45, 7) is 6.39. The highest BCUT2D eigenvalue weighted by Gasteiger charge is 2.25. The number of benzene rings is 1. The van der Waals surface area contributed by atoms with Crippen LogP contribution in [0.3, 0.4) is 0 Å². The van der Waals surface area contributed by atoms with Gasteiger partial charge in [0.2, 0.25) is 5.91 Å². The zero-order chi connectivity index (χ0) is 15.7. The van der Waals surface area contributed by atoms with Crippen molar-refractivity contribution in [2.24, 2.45) is 11.8 Å². The standard InChI is InChI=1S/C17H22N2O3/c1-12-9-13(2)11-18(10-12)16(20)7-8-19-14-5-3-4-6-15(14)22-17(19)21/h3-6,12-13H,7-11H2,1-2H3/t12-,13-/m0/s1. The van der Waals surface area contributed by atoms with Gasteiger partial charge >= 0.3 is 5.76 Å². The molecule has 5 heteroatoms. The van der Waals surface area contributed by atoms with E-state index in [2.05, 4.69) is 13.8 Å². The van der Waals surface area contributed by atoms with E-state index in [-0.39, 0.29) is 5.91 Å². The molecule has 1 aliphatic heterocycles. The second-order valence-electron chi connectivity index (χ2n) is 6.48. The van der Waals surface area contributed by atoms with Crippen LogP contribution in [0.2, 0.25) is 0 Å². The van der Waals surface area contributed by atoms with Gasteiger partial charge < -0.3 is 9.32 Å². The molecule has 0 N–H and O–H groups in total. The van der Waals surface area contributed by atoms with Crippen LogP contribution in [0.25, 0.3) is 11.1 Å². The minimum Gasteiger partial charge on any atom is -0.408 e. The topological polar surface area (TPSA) is 55.5 Å². The van der Waals surface area contributed by atoms with E-state index in [0.717, 1.165) is 18.6 Å². The van der Waals surface area contributed by atoms with Crippen molar-refractivity contribution in [2.45, 2.75) is 33.2 Å². The monoisotopic (exact) mass is 302 g/mol. The Balaban J connectivity index is 1.70. The second-order valence-corrected chi connectivity index (χ2v) is 6.48. The number of para-hydroxylation sites is 2. The molecule has 0 spiro atoms. The van der Waals surface area contributed by atoms with Gasteiger partial charge in [0.05, 0.1) is 5.52 Å². The maximum absolute atomic E-state index is 12.4. The fourth-order valence-electron chi connectivity index (χ4n) is 3.46. The van der Waals surface area contributed by atoms with Crippen molar-refractivity contribution >= 4 is 17.0 Å². The summed E-state index contributed by atoms with van der Waals surface area (Å²) in [7, 11) is 0. The van der Waals surface area contributed by atoms with E-state index in [1.54, 1.807) is 10.6 Å². The zero-order valence-corrected chi connectivity index (χ0v) is 13.1. The molecular weight excluding hydrogens is 280 g/mol. The Morgan fingerprint density at radius 3 is 2.64 bits per heavy atom. The average molecular weight is 302 g/mol. The van der Waals surface area contributed by atoms with Crippen molar-refractivity contribution in [3.63, 3.8) is 0 Å². The summed E-state index contributed by atoms with van der Waals surface area (Å²) < 4.78 is 6.74. The normalized spacial score (nSPS) is 22.2. The molecule has 1 amide bonds. The molecule has 0 bridgehead atoms. The highest BCUT2D eigenvalue weighted by atomic mass is 16.4. The zero-order valence-electron chi connectivity index (χ0n) is 13.1. The summed E-state index contributed by atoms with van der Waals surface area (Å²) >= 11 is 0. The van der Waals surface area contributed by atoms with Crippen LogP contribution >= 0.6 is 0 Å². The van der Waals surface area contributed by atoms with Gasteiger partial charge in [-0.05, 0) is 30.4 Å². The lowest BCUT2D eigenvalue weighted by Gasteiger charge is -2.35. The first-order chi connectivity index (χ1) is 10.5. The van der Waals surface area contributed by atoms with Gasteiger partial charge in [-0.1, -0.05) is 26.0 Å². The van der Waals surface area contributed by atoms with Crippen molar-refractivity contribution in [3.8, 4) is 0 Å². The lowest BCUT2D eigenvalue weighted by Crippen LogP contribution is -2.43. The molecule has 5 nitrogen and oxygen atoms in total. The first kappa shape index (κ1) is 14.9. The third kappa shape index (κ3) is 2.93. The lowest BCUT2D eigenvalue weighted by molar-refractivity contribution is -0.134. The molecule has 2 heterocycles. The highest BCUT2D eigenvalue weighted by molar-refractivity contribution is 5.77. The molecule has 3 rings (SSSR count). The molecular formula is C17H22N2O3. The molecule has 2 aromatic rings. The molecule has 0 unspecified atom stereocenters. The number of rotatable bonds is 3. The third-order valence-corrected chi connectivity index (χ3v) is 4.34. The van der Waals surface area contributed by atoms with Crippen LogP contribution in [-0.4, -0.2) is 28.5 Å². The predicted molar refractivity (Wildman–Crippen MR) is 84.6 cm³/mol. The SMILES string of the molecule is C[C@H]1C[C@H](C)CN(C(=O)CCn2c(=O)oc3ccccc32)C1. The van der Waals surface area contributed by atoms with Crippen LogP contribution in [0.15, 0.2) is 33.5 Å². The van der Waals surface area contributed by atoms with Crippen LogP contribution in [0, 0.1) is 11.8 Å². The number of aryl methyl sites for hydroxylation is 1. The van der Waals surface area contributed by atoms with Gasteiger partial charge in [0.25, 0.3) is 0 Å². The average Bonchev–Trinajstić information content (AvgIpc) is 2.79. The Morgan fingerprint density at radius 2 is 1.91 bits per heavy atom. The minimum atomic E-state index is -0.394. The molecule has 22 heavy (non-hydrogen) atoms. The first-order valence-corrected chi connectivity index (χ1v) is 7.90. The maximum Gasteiger partial charge on any atom is 0.419 e. The Labute approximate surface area is 129 Å². The summed E-state index contributed by atoms with van der Waals surface area (Å²) in [6, 6.07) is 7.31. The van der Waals surface area contributed by atoms with Gasteiger partial charge in [0, 0.05) is 26.1 Å². The number of amides is 1. The summed E-state index contributed by atoms with van der Waals surface area (Å²) in [4.78, 5) is 26.3. The summed E-state index contributed by atoms with van der Waals surface area (Å²) in [5.74, 6) is 0.820. The van der Waals surface area contributed by atoms with Crippen molar-refractivity contribution < 1.29 is 9.21 Å². The lowest BCUT2D eigenvalue weighted by atomic mass is 9.92. The minimum absolute atomic E-state index is 0.121. The van der Waals surface area contributed by atoms with E-state index in [9.17, 15) is 9.59 Å². The Morgan fingerprint density at radius 1 is 1.23 bits per heavy atom. The van der Waals surface area contributed by atoms with Crippen LogP contribution < -0.4 is 5.76 Å². The van der Waals surface area contributed by atoms with Gasteiger partial charge in [0.15, 0.2) is 5.58 Å². The molecule has 1 aromatic carbocycles. The van der Waals surface area contributed by atoms with Gasteiger partial charge in [-0.3, -0.25) is 9.36 Å². The molecule has 118 valence electrons. The fourth-order valence-corrected chi connectivity index (χ4v) is 3.46. The number of hydrogen-bond acceptors (Lipinski definition) is 3. The molecule has 0 radical (unpaired) electrons. The number of carbonyl (C=O) groups excluding carboxylic acids is 1. The van der Waals surface area contributed by atoms with Crippen LogP contribution in [0.1, 0.15) is 26.7 Å². The largest absolute Gasteiger partial charge is 0.419 e. The van der Waals surface area contributed by atoms with E-state index in [1.807, 2.05) is 23.1 Å². The van der Waals surface area contributed by atoms with Crippen molar-refractivity contribution in [1.29, 1.82) is 0 Å². The summed E-state index contributed by atoms with van der Waals surface area (Å²) in [5, 5.41) is 0. The predicted octanol–water partition coefficient (Wildman–Crippen LogP) is 2.49. The van der Waals surface area contributed by atoms with Crippen LogP contribution in [0.5, 0.6) is 0 Å². The van der Waals surface area contributed by atoms with Crippen LogP contribution in [-0.2, 0) is 11.3 Å². The van der Waals surface area contributed by atoms with Crippen molar-refractivity contribution in [1.82, 2.24) is 9.47 Å². The van der Waals surface area contributed by atoms with E-state index < -0.39 is 5.76 Å². The Bertz CT molecular complexity index is 721.